The lowest BCUT2D eigenvalue weighted by Gasteiger charge is -2.01. The first-order chi connectivity index (χ1) is 5.81. The Kier molecular flexibility index (Phi) is 1.77. The van der Waals surface area contributed by atoms with Gasteiger partial charge in [0.15, 0.2) is 12.5 Å². The molecule has 0 saturated carbocycles. The molecule has 62 valence electrons. The summed E-state index contributed by atoms with van der Waals surface area (Å²) in [4.78, 5) is 10.4. The van der Waals surface area contributed by atoms with E-state index in [0.717, 1.165) is 22.1 Å². The Morgan fingerprint density at radius 3 is 2.92 bits per heavy atom. The van der Waals surface area contributed by atoms with Crippen molar-refractivity contribution in [1.82, 2.24) is 0 Å². The maximum atomic E-state index is 10.4. The summed E-state index contributed by atoms with van der Waals surface area (Å²) in [6, 6.07) is 5.78. The standard InChI is InChI=1S/C8H7BrN2O/c9-5-2-1-3-6-8(5)11-7(4-12)10-6/h1-4,7,10-11H. The van der Waals surface area contributed by atoms with Gasteiger partial charge in [0.2, 0.25) is 0 Å². The van der Waals surface area contributed by atoms with Gasteiger partial charge in [-0.15, -0.1) is 0 Å². The Bertz CT molecular complexity index is 327. The first-order valence-electron chi connectivity index (χ1n) is 3.58. The highest BCUT2D eigenvalue weighted by molar-refractivity contribution is 9.10. The van der Waals surface area contributed by atoms with Crippen LogP contribution in [0, 0.1) is 0 Å². The number of rotatable bonds is 1. The minimum atomic E-state index is -0.293. The summed E-state index contributed by atoms with van der Waals surface area (Å²) < 4.78 is 0.969. The SMILES string of the molecule is O=CC1Nc2cccc(Br)c2N1. The van der Waals surface area contributed by atoms with Gasteiger partial charge in [0.1, 0.15) is 0 Å². The van der Waals surface area contributed by atoms with Crippen LogP contribution in [0.25, 0.3) is 0 Å². The number of carbonyl (C=O) groups excluding carboxylic acids is 1. The molecule has 0 aliphatic carbocycles. The van der Waals surface area contributed by atoms with E-state index in [1.165, 1.54) is 0 Å². The molecular weight excluding hydrogens is 220 g/mol. The van der Waals surface area contributed by atoms with E-state index in [9.17, 15) is 4.79 Å². The fourth-order valence-electron chi connectivity index (χ4n) is 1.22. The Labute approximate surface area is 78.3 Å². The minimum Gasteiger partial charge on any atom is -0.358 e. The molecule has 1 aromatic rings. The van der Waals surface area contributed by atoms with Crippen LogP contribution in [0.3, 0.4) is 0 Å². The molecule has 4 heteroatoms. The van der Waals surface area contributed by atoms with Crippen LogP contribution >= 0.6 is 15.9 Å². The zero-order valence-corrected chi connectivity index (χ0v) is 7.76. The van der Waals surface area contributed by atoms with Crippen molar-refractivity contribution in [2.24, 2.45) is 0 Å². The zero-order chi connectivity index (χ0) is 8.55. The summed E-state index contributed by atoms with van der Waals surface area (Å²) in [6.45, 7) is 0. The molecule has 1 heterocycles. The van der Waals surface area contributed by atoms with Crippen LogP contribution in [0.5, 0.6) is 0 Å². The van der Waals surface area contributed by atoms with Gasteiger partial charge >= 0.3 is 0 Å². The number of anilines is 2. The third-order valence-corrected chi connectivity index (χ3v) is 2.42. The van der Waals surface area contributed by atoms with Crippen molar-refractivity contribution in [3.8, 4) is 0 Å². The molecule has 2 N–H and O–H groups in total. The van der Waals surface area contributed by atoms with Crippen LogP contribution in [0.4, 0.5) is 11.4 Å². The van der Waals surface area contributed by atoms with E-state index >= 15 is 0 Å². The van der Waals surface area contributed by atoms with Gasteiger partial charge in [-0.2, -0.15) is 0 Å². The molecule has 1 aliphatic rings. The Morgan fingerprint density at radius 2 is 2.25 bits per heavy atom. The first kappa shape index (κ1) is 7.61. The van der Waals surface area contributed by atoms with Gasteiger partial charge in [0.25, 0.3) is 0 Å². The van der Waals surface area contributed by atoms with Crippen molar-refractivity contribution in [3.63, 3.8) is 0 Å². The molecule has 3 nitrogen and oxygen atoms in total. The number of carbonyl (C=O) groups is 1. The quantitative estimate of drug-likeness (QED) is 0.719. The molecule has 0 saturated heterocycles. The van der Waals surface area contributed by atoms with Crippen LogP contribution in [0.1, 0.15) is 0 Å². The molecule has 12 heavy (non-hydrogen) atoms. The van der Waals surface area contributed by atoms with E-state index in [1.807, 2.05) is 18.2 Å². The van der Waals surface area contributed by atoms with E-state index in [1.54, 1.807) is 0 Å². The van der Waals surface area contributed by atoms with Gasteiger partial charge in [-0.05, 0) is 28.1 Å². The molecule has 0 aromatic heterocycles. The van der Waals surface area contributed by atoms with Crippen LogP contribution in [0.15, 0.2) is 22.7 Å². The molecule has 0 radical (unpaired) electrons. The number of fused-ring (bicyclic) bond motifs is 1. The molecule has 1 aliphatic heterocycles. The van der Waals surface area contributed by atoms with Crippen molar-refractivity contribution in [2.45, 2.75) is 6.17 Å². The molecule has 1 atom stereocenters. The molecule has 1 aromatic carbocycles. The lowest BCUT2D eigenvalue weighted by molar-refractivity contribution is -0.107. The van der Waals surface area contributed by atoms with Crippen LogP contribution in [0.2, 0.25) is 0 Å². The van der Waals surface area contributed by atoms with E-state index < -0.39 is 0 Å². The highest BCUT2D eigenvalue weighted by Gasteiger charge is 2.19. The average molecular weight is 227 g/mol. The van der Waals surface area contributed by atoms with Crippen LogP contribution in [-0.2, 0) is 4.79 Å². The third kappa shape index (κ3) is 1.08. The Hall–Kier alpha value is -1.03. The lowest BCUT2D eigenvalue weighted by Crippen LogP contribution is -2.23. The number of halogens is 1. The smallest absolute Gasteiger partial charge is 0.162 e. The monoisotopic (exact) mass is 226 g/mol. The number of aldehydes is 1. The summed E-state index contributed by atoms with van der Waals surface area (Å²) in [7, 11) is 0. The van der Waals surface area contributed by atoms with Gasteiger partial charge in [-0.3, -0.25) is 4.79 Å². The lowest BCUT2D eigenvalue weighted by atomic mass is 10.3. The fourth-order valence-corrected chi connectivity index (χ4v) is 1.70. The predicted molar refractivity (Wildman–Crippen MR) is 51.2 cm³/mol. The minimum absolute atomic E-state index is 0.293. The summed E-state index contributed by atoms with van der Waals surface area (Å²) >= 11 is 3.39. The van der Waals surface area contributed by atoms with Gasteiger partial charge in [-0.25, -0.2) is 0 Å². The molecule has 0 fully saturated rings. The second-order valence-corrected chi connectivity index (χ2v) is 3.42. The van der Waals surface area contributed by atoms with E-state index in [4.69, 9.17) is 0 Å². The topological polar surface area (TPSA) is 41.1 Å². The van der Waals surface area contributed by atoms with Crippen molar-refractivity contribution in [2.75, 3.05) is 10.6 Å². The first-order valence-corrected chi connectivity index (χ1v) is 4.37. The largest absolute Gasteiger partial charge is 0.358 e. The summed E-state index contributed by atoms with van der Waals surface area (Å²) in [5.74, 6) is 0. The average Bonchev–Trinajstić information content (AvgIpc) is 2.49. The number of nitrogens with one attached hydrogen (secondary N) is 2. The van der Waals surface area contributed by atoms with Gasteiger partial charge < -0.3 is 10.6 Å². The summed E-state index contributed by atoms with van der Waals surface area (Å²) in [5, 5.41) is 6.04. The van der Waals surface area contributed by atoms with Crippen LogP contribution < -0.4 is 10.6 Å². The number of para-hydroxylation sites is 1. The predicted octanol–water partition coefficient (Wildman–Crippen LogP) is 1.81. The number of benzene rings is 1. The van der Waals surface area contributed by atoms with E-state index in [-0.39, 0.29) is 6.17 Å². The fraction of sp³-hybridized carbons (Fsp3) is 0.125. The van der Waals surface area contributed by atoms with Crippen molar-refractivity contribution >= 4 is 33.6 Å². The van der Waals surface area contributed by atoms with Crippen molar-refractivity contribution < 1.29 is 4.79 Å². The highest BCUT2D eigenvalue weighted by atomic mass is 79.9. The second kappa shape index (κ2) is 2.79. The maximum Gasteiger partial charge on any atom is 0.162 e. The molecule has 0 bridgehead atoms. The van der Waals surface area contributed by atoms with E-state index in [2.05, 4.69) is 26.6 Å². The van der Waals surface area contributed by atoms with Crippen LogP contribution in [-0.4, -0.2) is 12.5 Å². The maximum absolute atomic E-state index is 10.4. The Balaban J connectivity index is 2.41. The molecule has 1 unspecified atom stereocenters. The third-order valence-electron chi connectivity index (χ3n) is 1.76. The van der Waals surface area contributed by atoms with Gasteiger partial charge in [0.05, 0.1) is 11.4 Å². The number of hydrogen-bond acceptors (Lipinski definition) is 3. The zero-order valence-electron chi connectivity index (χ0n) is 6.17. The molecule has 0 amide bonds. The molecule has 2 rings (SSSR count). The second-order valence-electron chi connectivity index (χ2n) is 2.56. The summed E-state index contributed by atoms with van der Waals surface area (Å²) in [6.07, 6.45) is 0.547. The van der Waals surface area contributed by atoms with Gasteiger partial charge in [-0.1, -0.05) is 6.07 Å². The van der Waals surface area contributed by atoms with Crippen molar-refractivity contribution in [1.29, 1.82) is 0 Å². The normalized spacial score (nSPS) is 19.2. The van der Waals surface area contributed by atoms with E-state index in [0.29, 0.717) is 0 Å². The molecule has 0 spiro atoms. The summed E-state index contributed by atoms with van der Waals surface area (Å²) in [5.41, 5.74) is 1.91. The van der Waals surface area contributed by atoms with Gasteiger partial charge in [0, 0.05) is 4.47 Å². The number of hydrogen-bond donors (Lipinski definition) is 2. The highest BCUT2D eigenvalue weighted by Crippen LogP contribution is 2.34. The Morgan fingerprint density at radius 1 is 1.42 bits per heavy atom. The van der Waals surface area contributed by atoms with Crippen molar-refractivity contribution in [3.05, 3.63) is 22.7 Å². The molecular formula is C8H7BrN2O.